The second kappa shape index (κ2) is 3.46. The molecule has 1 heterocycles. The molecular weight excluding hydrogens is 164 g/mol. The van der Waals surface area contributed by atoms with E-state index in [1.54, 1.807) is 6.20 Å². The molecule has 0 unspecified atom stereocenters. The molecule has 0 aliphatic heterocycles. The van der Waals surface area contributed by atoms with Gasteiger partial charge in [0.2, 0.25) is 0 Å². The maximum atomic E-state index is 8.37. The molecule has 0 radical (unpaired) electrons. The summed E-state index contributed by atoms with van der Waals surface area (Å²) in [7, 11) is 0. The van der Waals surface area contributed by atoms with Gasteiger partial charge in [-0.1, -0.05) is 11.2 Å². The zero-order valence-electron chi connectivity index (χ0n) is 7.22. The van der Waals surface area contributed by atoms with Crippen LogP contribution in [-0.4, -0.2) is 4.98 Å². The number of azide groups is 1. The van der Waals surface area contributed by atoms with Crippen molar-refractivity contribution in [2.24, 2.45) is 5.11 Å². The molecule has 13 heavy (non-hydrogen) atoms. The Kier molecular flexibility index (Phi) is 2.15. The minimum absolute atomic E-state index is 0.0463. The lowest BCUT2D eigenvalue weighted by Gasteiger charge is -2.19. The van der Waals surface area contributed by atoms with Crippen LogP contribution in [0.25, 0.3) is 10.4 Å². The van der Waals surface area contributed by atoms with Crippen LogP contribution in [0.15, 0.2) is 23.4 Å². The minimum atomic E-state index is -0.0463. The number of aromatic nitrogens is 1. The third-order valence-electron chi connectivity index (χ3n) is 2.36. The zero-order chi connectivity index (χ0) is 9.10. The predicted octanol–water partition coefficient (Wildman–Crippen LogP) is 2.77. The van der Waals surface area contributed by atoms with Crippen LogP contribution in [0, 0.1) is 0 Å². The molecule has 1 aromatic rings. The Balaban J connectivity index is 2.42. The molecule has 66 valence electrons. The zero-order valence-corrected chi connectivity index (χ0v) is 7.22. The third kappa shape index (κ3) is 1.48. The van der Waals surface area contributed by atoms with Gasteiger partial charge in [0.25, 0.3) is 0 Å². The molecule has 1 aliphatic rings. The lowest BCUT2D eigenvalue weighted by molar-refractivity contribution is 0.552. The fourth-order valence-electron chi connectivity index (χ4n) is 1.76. The van der Waals surface area contributed by atoms with Gasteiger partial charge >= 0.3 is 0 Å². The molecule has 2 rings (SSSR count). The highest BCUT2D eigenvalue weighted by atomic mass is 15.2. The van der Waals surface area contributed by atoms with Crippen molar-refractivity contribution in [2.75, 3.05) is 0 Å². The first-order chi connectivity index (χ1) is 6.42. The topological polar surface area (TPSA) is 61.7 Å². The summed E-state index contributed by atoms with van der Waals surface area (Å²) in [5.74, 6) is 0. The quantitative estimate of drug-likeness (QED) is 0.367. The van der Waals surface area contributed by atoms with Crippen molar-refractivity contribution in [3.63, 3.8) is 0 Å². The van der Waals surface area contributed by atoms with Crippen LogP contribution < -0.4 is 0 Å². The van der Waals surface area contributed by atoms with Gasteiger partial charge < -0.3 is 0 Å². The van der Waals surface area contributed by atoms with Crippen LogP contribution >= 0.6 is 0 Å². The second-order valence-electron chi connectivity index (χ2n) is 3.16. The highest BCUT2D eigenvalue weighted by Crippen LogP contribution is 2.30. The smallest absolute Gasteiger partial charge is 0.0800 e. The predicted molar refractivity (Wildman–Crippen MR) is 49.1 cm³/mol. The fourth-order valence-corrected chi connectivity index (χ4v) is 1.76. The van der Waals surface area contributed by atoms with Gasteiger partial charge in [-0.3, -0.25) is 4.98 Å². The molecule has 0 spiro atoms. The maximum absolute atomic E-state index is 8.37. The summed E-state index contributed by atoms with van der Waals surface area (Å²) in [6, 6.07) is 3.94. The summed E-state index contributed by atoms with van der Waals surface area (Å²) >= 11 is 0. The number of aryl methyl sites for hydroxylation is 1. The molecule has 0 N–H and O–H groups in total. The average Bonchev–Trinajstić information content (AvgIpc) is 2.19. The van der Waals surface area contributed by atoms with E-state index in [1.165, 1.54) is 5.56 Å². The largest absolute Gasteiger partial charge is 0.261 e. The van der Waals surface area contributed by atoms with E-state index in [1.807, 2.05) is 6.07 Å². The Morgan fingerprint density at radius 2 is 2.54 bits per heavy atom. The SMILES string of the molecule is [N-]=[N+]=N[C@H]1CCCc2cccnc21. The molecule has 1 aliphatic carbocycles. The molecule has 0 amide bonds. The van der Waals surface area contributed by atoms with Crippen molar-refractivity contribution >= 4 is 0 Å². The van der Waals surface area contributed by atoms with Gasteiger partial charge in [0, 0.05) is 11.1 Å². The van der Waals surface area contributed by atoms with E-state index in [2.05, 4.69) is 21.1 Å². The van der Waals surface area contributed by atoms with Gasteiger partial charge in [-0.15, -0.1) is 0 Å². The molecule has 0 bridgehead atoms. The Morgan fingerprint density at radius 1 is 1.62 bits per heavy atom. The minimum Gasteiger partial charge on any atom is -0.261 e. The van der Waals surface area contributed by atoms with Crippen molar-refractivity contribution in [1.82, 2.24) is 4.98 Å². The van der Waals surface area contributed by atoms with E-state index < -0.39 is 0 Å². The van der Waals surface area contributed by atoms with Crippen LogP contribution in [0.3, 0.4) is 0 Å². The molecule has 0 aromatic carbocycles. The first kappa shape index (κ1) is 8.08. The monoisotopic (exact) mass is 174 g/mol. The van der Waals surface area contributed by atoms with Gasteiger partial charge in [0.15, 0.2) is 0 Å². The number of rotatable bonds is 1. The van der Waals surface area contributed by atoms with E-state index in [0.29, 0.717) is 0 Å². The lowest BCUT2D eigenvalue weighted by atomic mass is 9.92. The fraction of sp³-hybridized carbons (Fsp3) is 0.444. The van der Waals surface area contributed by atoms with Crippen molar-refractivity contribution in [3.8, 4) is 0 Å². The van der Waals surface area contributed by atoms with Crippen molar-refractivity contribution in [1.29, 1.82) is 0 Å². The maximum Gasteiger partial charge on any atom is 0.0800 e. The molecular formula is C9H10N4. The van der Waals surface area contributed by atoms with Crippen LogP contribution in [0.2, 0.25) is 0 Å². The lowest BCUT2D eigenvalue weighted by Crippen LogP contribution is -2.09. The van der Waals surface area contributed by atoms with Crippen LogP contribution in [0.1, 0.15) is 30.1 Å². The summed E-state index contributed by atoms with van der Waals surface area (Å²) in [6.07, 6.45) is 4.82. The number of hydrogen-bond acceptors (Lipinski definition) is 2. The van der Waals surface area contributed by atoms with Crippen molar-refractivity contribution < 1.29 is 0 Å². The van der Waals surface area contributed by atoms with Crippen LogP contribution in [0.4, 0.5) is 0 Å². The Morgan fingerprint density at radius 3 is 3.38 bits per heavy atom. The van der Waals surface area contributed by atoms with E-state index in [0.717, 1.165) is 25.0 Å². The first-order valence-electron chi connectivity index (χ1n) is 4.40. The van der Waals surface area contributed by atoms with E-state index in [4.69, 9.17) is 5.53 Å². The molecule has 0 saturated carbocycles. The molecule has 0 saturated heterocycles. The molecule has 0 fully saturated rings. The highest BCUT2D eigenvalue weighted by Gasteiger charge is 2.19. The first-order valence-corrected chi connectivity index (χ1v) is 4.40. The van der Waals surface area contributed by atoms with Gasteiger partial charge in [0.1, 0.15) is 0 Å². The normalized spacial score (nSPS) is 20.2. The third-order valence-corrected chi connectivity index (χ3v) is 2.36. The Hall–Kier alpha value is -1.54. The van der Waals surface area contributed by atoms with Gasteiger partial charge in [-0.25, -0.2) is 0 Å². The van der Waals surface area contributed by atoms with E-state index in [9.17, 15) is 0 Å². The van der Waals surface area contributed by atoms with Crippen LogP contribution in [0.5, 0.6) is 0 Å². The molecule has 4 heteroatoms. The Labute approximate surface area is 76.2 Å². The molecule has 1 aromatic heterocycles. The standard InChI is InChI=1S/C9H10N4/c10-13-12-8-5-1-3-7-4-2-6-11-9(7)8/h2,4,6,8H,1,3,5H2/t8-/m0/s1. The summed E-state index contributed by atoms with van der Waals surface area (Å²) in [4.78, 5) is 7.10. The summed E-state index contributed by atoms with van der Waals surface area (Å²) < 4.78 is 0. The molecule has 4 nitrogen and oxygen atoms in total. The number of fused-ring (bicyclic) bond motifs is 1. The van der Waals surface area contributed by atoms with Crippen molar-refractivity contribution in [2.45, 2.75) is 25.3 Å². The van der Waals surface area contributed by atoms with Crippen LogP contribution in [-0.2, 0) is 6.42 Å². The average molecular weight is 174 g/mol. The van der Waals surface area contributed by atoms with Gasteiger partial charge in [-0.2, -0.15) is 0 Å². The summed E-state index contributed by atoms with van der Waals surface area (Å²) in [5, 5.41) is 3.74. The highest BCUT2D eigenvalue weighted by molar-refractivity contribution is 5.25. The number of hydrogen-bond donors (Lipinski definition) is 0. The van der Waals surface area contributed by atoms with Crippen molar-refractivity contribution in [3.05, 3.63) is 40.0 Å². The number of nitrogens with zero attached hydrogens (tertiary/aromatic N) is 4. The van der Waals surface area contributed by atoms with Gasteiger partial charge in [0.05, 0.1) is 11.7 Å². The van der Waals surface area contributed by atoms with E-state index >= 15 is 0 Å². The summed E-state index contributed by atoms with van der Waals surface area (Å²) in [6.45, 7) is 0. The number of pyridine rings is 1. The molecule has 1 atom stereocenters. The second-order valence-corrected chi connectivity index (χ2v) is 3.16. The summed E-state index contributed by atoms with van der Waals surface area (Å²) in [5.41, 5.74) is 10.6. The van der Waals surface area contributed by atoms with E-state index in [-0.39, 0.29) is 6.04 Å². The van der Waals surface area contributed by atoms with Gasteiger partial charge in [-0.05, 0) is 36.4 Å². The Bertz CT molecular complexity index is 354.